The number of unbranched alkanes of at least 4 members (excludes halogenated alkanes) is 4. The van der Waals surface area contributed by atoms with Crippen LogP contribution < -0.4 is 5.32 Å². The summed E-state index contributed by atoms with van der Waals surface area (Å²) >= 11 is 0. The van der Waals surface area contributed by atoms with Crippen LogP contribution in [0.15, 0.2) is 18.2 Å². The van der Waals surface area contributed by atoms with Gasteiger partial charge >= 0.3 is 5.97 Å². The molecule has 1 aliphatic heterocycles. The normalized spacial score (nSPS) is 13.0. The van der Waals surface area contributed by atoms with Gasteiger partial charge in [-0.05, 0) is 31.9 Å². The molecule has 0 fully saturated rings. The van der Waals surface area contributed by atoms with E-state index in [9.17, 15) is 19.2 Å². The number of carboxylic acids is 1. The van der Waals surface area contributed by atoms with Crippen molar-refractivity contribution in [2.75, 3.05) is 13.1 Å². The zero-order chi connectivity index (χ0) is 19.1. The minimum absolute atomic E-state index is 0.191. The van der Waals surface area contributed by atoms with Crippen LogP contribution in [0.3, 0.4) is 0 Å². The van der Waals surface area contributed by atoms with E-state index in [-0.39, 0.29) is 18.9 Å². The van der Waals surface area contributed by atoms with Crippen molar-refractivity contribution in [3.63, 3.8) is 0 Å². The number of carboxylic acid groups (broad SMARTS) is 1. The monoisotopic (exact) mass is 360 g/mol. The van der Waals surface area contributed by atoms with Gasteiger partial charge in [0, 0.05) is 13.0 Å². The number of imide groups is 1. The fourth-order valence-electron chi connectivity index (χ4n) is 2.91. The zero-order valence-corrected chi connectivity index (χ0v) is 14.9. The van der Waals surface area contributed by atoms with Gasteiger partial charge in [-0.15, -0.1) is 0 Å². The number of nitrogens with one attached hydrogen (secondary N) is 1. The average Bonchev–Trinajstić information content (AvgIpc) is 2.81. The minimum Gasteiger partial charge on any atom is -0.481 e. The second-order valence-corrected chi connectivity index (χ2v) is 6.51. The Morgan fingerprint density at radius 1 is 1.00 bits per heavy atom. The molecule has 0 aromatic heterocycles. The van der Waals surface area contributed by atoms with Crippen LogP contribution in [-0.2, 0) is 9.59 Å². The van der Waals surface area contributed by atoms with Crippen LogP contribution in [0.5, 0.6) is 0 Å². The Balaban J connectivity index is 1.68. The molecule has 140 valence electrons. The van der Waals surface area contributed by atoms with Gasteiger partial charge in [0.1, 0.15) is 6.54 Å². The lowest BCUT2D eigenvalue weighted by molar-refractivity contribution is -0.137. The SMILES string of the molecule is Cc1ccc2c(c1)C(=O)N(CC(=O)NCCCCCCCC(=O)O)C2=O. The number of rotatable bonds is 10. The maximum atomic E-state index is 12.3. The molecule has 0 aliphatic carbocycles. The summed E-state index contributed by atoms with van der Waals surface area (Å²) in [7, 11) is 0. The summed E-state index contributed by atoms with van der Waals surface area (Å²) in [5.74, 6) is -2.00. The van der Waals surface area contributed by atoms with E-state index in [1.54, 1.807) is 18.2 Å². The van der Waals surface area contributed by atoms with Crippen LogP contribution in [0.4, 0.5) is 0 Å². The van der Waals surface area contributed by atoms with Crippen molar-refractivity contribution in [3.8, 4) is 0 Å². The van der Waals surface area contributed by atoms with Crippen molar-refractivity contribution in [1.29, 1.82) is 0 Å². The van der Waals surface area contributed by atoms with E-state index >= 15 is 0 Å². The van der Waals surface area contributed by atoms with Gasteiger partial charge in [0.25, 0.3) is 11.8 Å². The van der Waals surface area contributed by atoms with Gasteiger partial charge in [0.15, 0.2) is 0 Å². The van der Waals surface area contributed by atoms with Gasteiger partial charge in [-0.2, -0.15) is 0 Å². The highest BCUT2D eigenvalue weighted by molar-refractivity contribution is 6.22. The average molecular weight is 360 g/mol. The van der Waals surface area contributed by atoms with Crippen molar-refractivity contribution in [2.24, 2.45) is 0 Å². The van der Waals surface area contributed by atoms with E-state index in [4.69, 9.17) is 5.11 Å². The van der Waals surface area contributed by atoms with Crippen LogP contribution in [0.25, 0.3) is 0 Å². The molecular weight excluding hydrogens is 336 g/mol. The molecule has 0 saturated carbocycles. The molecule has 1 aromatic rings. The molecule has 1 aromatic carbocycles. The molecule has 0 atom stereocenters. The van der Waals surface area contributed by atoms with Crippen LogP contribution in [0, 0.1) is 6.92 Å². The van der Waals surface area contributed by atoms with E-state index in [2.05, 4.69) is 5.32 Å². The molecule has 3 amide bonds. The first-order chi connectivity index (χ1) is 12.4. The molecule has 0 unspecified atom stereocenters. The molecule has 7 nitrogen and oxygen atoms in total. The minimum atomic E-state index is -0.777. The number of amides is 3. The summed E-state index contributed by atoms with van der Waals surface area (Å²) in [5, 5.41) is 11.3. The van der Waals surface area contributed by atoms with Crippen LogP contribution >= 0.6 is 0 Å². The summed E-state index contributed by atoms with van der Waals surface area (Å²) in [5.41, 5.74) is 1.58. The molecule has 2 rings (SSSR count). The second kappa shape index (κ2) is 9.12. The third-order valence-corrected chi connectivity index (χ3v) is 4.32. The van der Waals surface area contributed by atoms with Crippen LogP contribution in [0.2, 0.25) is 0 Å². The van der Waals surface area contributed by atoms with Gasteiger partial charge in [-0.1, -0.05) is 30.9 Å². The van der Waals surface area contributed by atoms with Gasteiger partial charge < -0.3 is 10.4 Å². The number of nitrogens with zero attached hydrogens (tertiary/aromatic N) is 1. The maximum absolute atomic E-state index is 12.3. The summed E-state index contributed by atoms with van der Waals surface area (Å²) < 4.78 is 0. The molecule has 2 N–H and O–H groups in total. The summed E-state index contributed by atoms with van der Waals surface area (Å²) in [6.45, 7) is 2.04. The zero-order valence-electron chi connectivity index (χ0n) is 14.9. The number of carbonyl (C=O) groups excluding carboxylic acids is 3. The van der Waals surface area contributed by atoms with Crippen LogP contribution in [0.1, 0.15) is 64.8 Å². The quantitative estimate of drug-likeness (QED) is 0.491. The van der Waals surface area contributed by atoms with E-state index in [0.717, 1.165) is 36.1 Å². The molecule has 0 spiro atoms. The first-order valence-electron chi connectivity index (χ1n) is 8.85. The lowest BCUT2D eigenvalue weighted by Gasteiger charge is -2.13. The molecule has 7 heteroatoms. The summed E-state index contributed by atoms with van der Waals surface area (Å²) in [4.78, 5) is 47.9. The third kappa shape index (κ3) is 5.15. The highest BCUT2D eigenvalue weighted by Gasteiger charge is 2.36. The number of carbonyl (C=O) groups is 4. The number of hydrogen-bond acceptors (Lipinski definition) is 4. The Bertz CT molecular complexity index is 714. The molecule has 0 bridgehead atoms. The van der Waals surface area contributed by atoms with Gasteiger partial charge in [-0.25, -0.2) is 0 Å². The maximum Gasteiger partial charge on any atom is 0.303 e. The Morgan fingerprint density at radius 3 is 2.38 bits per heavy atom. The van der Waals surface area contributed by atoms with Crippen LogP contribution in [-0.4, -0.2) is 46.8 Å². The Kier molecular flexibility index (Phi) is 6.89. The van der Waals surface area contributed by atoms with Crippen molar-refractivity contribution >= 4 is 23.7 Å². The van der Waals surface area contributed by atoms with Gasteiger partial charge in [-0.3, -0.25) is 24.1 Å². The number of hydrogen-bond donors (Lipinski definition) is 2. The standard InChI is InChI=1S/C19H24N2O5/c1-13-8-9-14-15(11-13)19(26)21(18(14)25)12-16(22)20-10-6-4-2-3-5-7-17(23)24/h8-9,11H,2-7,10,12H2,1H3,(H,20,22)(H,23,24). The highest BCUT2D eigenvalue weighted by atomic mass is 16.4. The smallest absolute Gasteiger partial charge is 0.303 e. The Hall–Kier alpha value is -2.70. The number of fused-ring (bicyclic) bond motifs is 1. The lowest BCUT2D eigenvalue weighted by Crippen LogP contribution is -2.40. The van der Waals surface area contributed by atoms with E-state index < -0.39 is 17.8 Å². The summed E-state index contributed by atoms with van der Waals surface area (Å²) in [6.07, 6.45) is 4.30. The molecule has 1 heterocycles. The summed E-state index contributed by atoms with van der Waals surface area (Å²) in [6, 6.07) is 5.05. The Morgan fingerprint density at radius 2 is 1.65 bits per heavy atom. The second-order valence-electron chi connectivity index (χ2n) is 6.51. The van der Waals surface area contributed by atoms with Crippen molar-refractivity contribution in [1.82, 2.24) is 10.2 Å². The molecular formula is C19H24N2O5. The first kappa shape index (κ1) is 19.6. The van der Waals surface area contributed by atoms with Crippen molar-refractivity contribution < 1.29 is 24.3 Å². The highest BCUT2D eigenvalue weighted by Crippen LogP contribution is 2.23. The topological polar surface area (TPSA) is 104 Å². The fraction of sp³-hybridized carbons (Fsp3) is 0.474. The van der Waals surface area contributed by atoms with Crippen molar-refractivity contribution in [3.05, 3.63) is 34.9 Å². The van der Waals surface area contributed by atoms with Gasteiger partial charge in [0.2, 0.25) is 5.91 Å². The first-order valence-corrected chi connectivity index (χ1v) is 8.85. The Labute approximate surface area is 152 Å². The number of benzene rings is 1. The van der Waals surface area contributed by atoms with Crippen molar-refractivity contribution in [2.45, 2.75) is 45.4 Å². The molecule has 1 aliphatic rings. The third-order valence-electron chi connectivity index (χ3n) is 4.32. The van der Waals surface area contributed by atoms with Gasteiger partial charge in [0.05, 0.1) is 11.1 Å². The molecule has 26 heavy (non-hydrogen) atoms. The van der Waals surface area contributed by atoms with E-state index in [1.165, 1.54) is 0 Å². The predicted octanol–water partition coefficient (Wildman–Crippen LogP) is 2.13. The molecule has 0 radical (unpaired) electrons. The predicted molar refractivity (Wildman–Crippen MR) is 94.9 cm³/mol. The largest absolute Gasteiger partial charge is 0.481 e. The van der Waals surface area contributed by atoms with E-state index in [0.29, 0.717) is 24.1 Å². The number of aryl methyl sites for hydroxylation is 1. The fourth-order valence-corrected chi connectivity index (χ4v) is 2.91. The lowest BCUT2D eigenvalue weighted by atomic mass is 10.1. The van der Waals surface area contributed by atoms with E-state index in [1.807, 2.05) is 6.92 Å². The number of aliphatic carboxylic acids is 1. The molecule has 0 saturated heterocycles.